The first-order chi connectivity index (χ1) is 8.93. The lowest BCUT2D eigenvalue weighted by atomic mass is 10.2. The Morgan fingerprint density at radius 1 is 0.944 bits per heavy atom. The van der Waals surface area contributed by atoms with Crippen LogP contribution in [0.25, 0.3) is 22.4 Å². The minimum absolute atomic E-state index is 0.909. The first-order valence-electron chi connectivity index (χ1n) is 5.85. The molecule has 0 saturated carbocycles. The normalized spacial score (nSPS) is 11.3. The molecule has 0 atom stereocenters. The lowest BCUT2D eigenvalue weighted by molar-refractivity contribution is -0.593. The first-order valence-corrected chi connectivity index (χ1v) is 5.85. The van der Waals surface area contributed by atoms with Crippen molar-refractivity contribution in [2.45, 2.75) is 0 Å². The zero-order valence-electron chi connectivity index (χ0n) is 9.62. The van der Waals surface area contributed by atoms with Gasteiger partial charge in [-0.3, -0.25) is 0 Å². The van der Waals surface area contributed by atoms with Crippen LogP contribution in [0, 0.1) is 0 Å². The highest BCUT2D eigenvalue weighted by atomic mass is 15.5. The van der Waals surface area contributed by atoms with E-state index in [0.717, 1.165) is 22.4 Å². The van der Waals surface area contributed by atoms with Gasteiger partial charge in [0.2, 0.25) is 0 Å². The molecule has 2 aromatic carbocycles. The van der Waals surface area contributed by atoms with E-state index in [-0.39, 0.29) is 0 Å². The second kappa shape index (κ2) is 3.43. The van der Waals surface area contributed by atoms with Gasteiger partial charge in [-0.1, -0.05) is 39.9 Å². The Kier molecular flexibility index (Phi) is 1.80. The second-order valence-corrected chi connectivity index (χ2v) is 4.22. The number of fused-ring (bicyclic) bond motifs is 3. The highest BCUT2D eigenvalue weighted by molar-refractivity contribution is 5.70. The van der Waals surface area contributed by atoms with Crippen LogP contribution in [0.15, 0.2) is 60.9 Å². The van der Waals surface area contributed by atoms with Crippen LogP contribution in [0.2, 0.25) is 0 Å². The van der Waals surface area contributed by atoms with Crippen LogP contribution in [0.3, 0.4) is 0 Å². The lowest BCUT2D eigenvalue weighted by Crippen LogP contribution is -2.24. The maximum atomic E-state index is 4.47. The van der Waals surface area contributed by atoms with E-state index < -0.39 is 0 Å². The molecule has 4 heteroatoms. The number of nitrogens with one attached hydrogen (secondary N) is 1. The van der Waals surface area contributed by atoms with E-state index >= 15 is 0 Å². The van der Waals surface area contributed by atoms with E-state index in [4.69, 9.17) is 0 Å². The molecule has 2 aromatic heterocycles. The van der Waals surface area contributed by atoms with Crippen molar-refractivity contribution >= 4 is 11.0 Å². The van der Waals surface area contributed by atoms with E-state index in [9.17, 15) is 0 Å². The number of hydrogen-bond donors (Lipinski definition) is 1. The minimum atomic E-state index is 0.909. The van der Waals surface area contributed by atoms with Crippen molar-refractivity contribution in [3.05, 3.63) is 60.9 Å². The number of hydrogen-bond acceptors (Lipinski definition) is 1. The van der Waals surface area contributed by atoms with Crippen LogP contribution in [0.5, 0.6) is 0 Å². The maximum absolute atomic E-state index is 4.47. The van der Waals surface area contributed by atoms with Gasteiger partial charge in [0, 0.05) is 5.56 Å². The number of para-hydroxylation sites is 2. The molecule has 0 aliphatic carbocycles. The summed E-state index contributed by atoms with van der Waals surface area (Å²) in [7, 11) is 0. The third-order valence-corrected chi connectivity index (χ3v) is 3.11. The Balaban J connectivity index is 2.08. The SMILES string of the molecule is c1ccc(-c2nc[n+]3c4ccccc4[nH]n23)cc1. The molecule has 86 valence electrons. The summed E-state index contributed by atoms with van der Waals surface area (Å²) in [4.78, 5) is 4.47. The summed E-state index contributed by atoms with van der Waals surface area (Å²) in [5.41, 5.74) is 3.31. The van der Waals surface area contributed by atoms with Gasteiger partial charge in [-0.25, -0.2) is 0 Å². The number of benzene rings is 2. The summed E-state index contributed by atoms with van der Waals surface area (Å²) < 4.78 is 3.97. The third-order valence-electron chi connectivity index (χ3n) is 3.11. The van der Waals surface area contributed by atoms with Gasteiger partial charge in [0.25, 0.3) is 12.2 Å². The lowest BCUT2D eigenvalue weighted by Gasteiger charge is -1.91. The molecule has 2 heterocycles. The quantitative estimate of drug-likeness (QED) is 0.504. The topological polar surface area (TPSA) is 37.2 Å². The van der Waals surface area contributed by atoms with E-state index in [1.807, 2.05) is 45.8 Å². The van der Waals surface area contributed by atoms with Crippen LogP contribution >= 0.6 is 0 Å². The Hall–Kier alpha value is -2.62. The van der Waals surface area contributed by atoms with Crippen molar-refractivity contribution in [2.75, 3.05) is 0 Å². The van der Waals surface area contributed by atoms with E-state index in [1.54, 1.807) is 0 Å². The summed E-state index contributed by atoms with van der Waals surface area (Å²) in [6.45, 7) is 0. The van der Waals surface area contributed by atoms with Crippen molar-refractivity contribution in [1.82, 2.24) is 14.7 Å². The summed E-state index contributed by atoms with van der Waals surface area (Å²) >= 11 is 0. The summed E-state index contributed by atoms with van der Waals surface area (Å²) in [6, 6.07) is 18.3. The van der Waals surface area contributed by atoms with Crippen molar-refractivity contribution in [1.29, 1.82) is 0 Å². The highest BCUT2D eigenvalue weighted by Crippen LogP contribution is 2.15. The highest BCUT2D eigenvalue weighted by Gasteiger charge is 2.16. The minimum Gasteiger partial charge on any atom is -0.198 e. The number of H-pyrrole nitrogens is 1. The predicted octanol–water partition coefficient (Wildman–Crippen LogP) is 2.07. The van der Waals surface area contributed by atoms with Crippen LogP contribution in [-0.2, 0) is 0 Å². The molecule has 0 amide bonds. The zero-order valence-corrected chi connectivity index (χ0v) is 9.62. The molecule has 0 unspecified atom stereocenters. The molecule has 0 aliphatic rings. The molecular formula is C14H11N4+. The van der Waals surface area contributed by atoms with E-state index in [2.05, 4.69) is 34.3 Å². The summed E-state index contributed by atoms with van der Waals surface area (Å²) in [6.07, 6.45) is 1.83. The Morgan fingerprint density at radius 3 is 2.61 bits per heavy atom. The largest absolute Gasteiger partial charge is 0.278 e. The molecule has 0 radical (unpaired) electrons. The van der Waals surface area contributed by atoms with Gasteiger partial charge in [0.1, 0.15) is 0 Å². The smallest absolute Gasteiger partial charge is 0.198 e. The van der Waals surface area contributed by atoms with Crippen molar-refractivity contribution in [3.8, 4) is 11.4 Å². The number of aromatic nitrogens is 4. The van der Waals surface area contributed by atoms with Crippen LogP contribution in [-0.4, -0.2) is 14.7 Å². The monoisotopic (exact) mass is 235 g/mol. The Morgan fingerprint density at radius 2 is 1.72 bits per heavy atom. The summed E-state index contributed by atoms with van der Waals surface area (Å²) in [5, 5.41) is 3.34. The second-order valence-electron chi connectivity index (χ2n) is 4.22. The van der Waals surface area contributed by atoms with Crippen LogP contribution < -0.4 is 4.52 Å². The van der Waals surface area contributed by atoms with Gasteiger partial charge in [0.15, 0.2) is 11.0 Å². The molecule has 0 spiro atoms. The standard InChI is InChI=1S/C14H11N4/c1-2-6-11(7-3-1)14-15-10-17-13-9-5-4-8-12(13)16-18(14)17/h1-10,16H/q+1. The average molecular weight is 235 g/mol. The van der Waals surface area contributed by atoms with Crippen LogP contribution in [0.4, 0.5) is 0 Å². The third kappa shape index (κ3) is 1.20. The number of nitrogens with zero attached hydrogens (tertiary/aromatic N) is 3. The van der Waals surface area contributed by atoms with Gasteiger partial charge in [-0.15, -0.1) is 4.52 Å². The van der Waals surface area contributed by atoms with Gasteiger partial charge in [-0.2, -0.15) is 5.10 Å². The molecule has 18 heavy (non-hydrogen) atoms. The van der Waals surface area contributed by atoms with Gasteiger partial charge < -0.3 is 0 Å². The molecule has 0 aliphatic heterocycles. The zero-order chi connectivity index (χ0) is 11.9. The van der Waals surface area contributed by atoms with E-state index in [0.29, 0.717) is 0 Å². The average Bonchev–Trinajstić information content (AvgIpc) is 2.98. The number of aromatic amines is 1. The fourth-order valence-corrected chi connectivity index (χ4v) is 2.26. The number of rotatable bonds is 1. The van der Waals surface area contributed by atoms with Crippen molar-refractivity contribution < 1.29 is 4.52 Å². The van der Waals surface area contributed by atoms with Gasteiger partial charge >= 0.3 is 0 Å². The Bertz CT molecular complexity index is 827. The molecule has 4 aromatic rings. The van der Waals surface area contributed by atoms with Crippen LogP contribution in [0.1, 0.15) is 0 Å². The molecular weight excluding hydrogens is 224 g/mol. The molecule has 1 N–H and O–H groups in total. The molecule has 4 nitrogen and oxygen atoms in total. The molecule has 4 rings (SSSR count). The first kappa shape index (κ1) is 9.41. The van der Waals surface area contributed by atoms with Crippen molar-refractivity contribution in [2.24, 2.45) is 0 Å². The van der Waals surface area contributed by atoms with Crippen molar-refractivity contribution in [3.63, 3.8) is 0 Å². The molecule has 0 fully saturated rings. The Labute approximate surface area is 103 Å². The predicted molar refractivity (Wildman–Crippen MR) is 68.1 cm³/mol. The molecule has 0 saturated heterocycles. The molecule has 0 bridgehead atoms. The van der Waals surface area contributed by atoms with Gasteiger partial charge in [0.05, 0.1) is 0 Å². The summed E-state index contributed by atoms with van der Waals surface area (Å²) in [5.74, 6) is 0.909. The fraction of sp³-hybridized carbons (Fsp3) is 0. The van der Waals surface area contributed by atoms with Gasteiger partial charge in [-0.05, 0) is 24.3 Å². The maximum Gasteiger partial charge on any atom is 0.278 e. The fourth-order valence-electron chi connectivity index (χ4n) is 2.26. The van der Waals surface area contributed by atoms with E-state index in [1.165, 1.54) is 0 Å².